The summed E-state index contributed by atoms with van der Waals surface area (Å²) < 4.78 is 5.28. The lowest BCUT2D eigenvalue weighted by molar-refractivity contribution is -0.125. The van der Waals surface area contributed by atoms with E-state index >= 15 is 0 Å². The number of aromatic nitrogens is 1. The molecule has 1 aromatic carbocycles. The van der Waals surface area contributed by atoms with Crippen molar-refractivity contribution in [1.29, 1.82) is 0 Å². The second-order valence-electron chi connectivity index (χ2n) is 6.35. The predicted octanol–water partition coefficient (Wildman–Crippen LogP) is 2.31. The third-order valence-electron chi connectivity index (χ3n) is 4.43. The van der Waals surface area contributed by atoms with E-state index in [1.54, 1.807) is 6.07 Å². The number of hydrogen-bond acceptors (Lipinski definition) is 4. The molecule has 0 atom stereocenters. The Morgan fingerprint density at radius 1 is 1.08 bits per heavy atom. The van der Waals surface area contributed by atoms with Gasteiger partial charge in [0.2, 0.25) is 11.8 Å². The van der Waals surface area contributed by atoms with Gasteiger partial charge < -0.3 is 15.2 Å². The number of carbonyl (C=O) groups is 2. The van der Waals surface area contributed by atoms with Gasteiger partial charge in [0.1, 0.15) is 0 Å². The van der Waals surface area contributed by atoms with Gasteiger partial charge in [-0.05, 0) is 12.8 Å². The Morgan fingerprint density at radius 3 is 2.56 bits per heavy atom. The second-order valence-corrected chi connectivity index (χ2v) is 6.35. The molecule has 1 aliphatic carbocycles. The number of amides is 2. The van der Waals surface area contributed by atoms with Crippen LogP contribution in [0.1, 0.15) is 31.4 Å². The van der Waals surface area contributed by atoms with E-state index in [-0.39, 0.29) is 24.2 Å². The Bertz CT molecular complexity index is 706. The molecule has 1 heterocycles. The Kier molecular flexibility index (Phi) is 5.82. The summed E-state index contributed by atoms with van der Waals surface area (Å²) in [5.74, 6) is 0.772. The van der Waals surface area contributed by atoms with E-state index < -0.39 is 0 Å². The van der Waals surface area contributed by atoms with Crippen LogP contribution in [0.5, 0.6) is 0 Å². The maximum Gasteiger partial charge on any atom is 0.226 e. The van der Waals surface area contributed by atoms with E-state index in [2.05, 4.69) is 15.8 Å². The summed E-state index contributed by atoms with van der Waals surface area (Å²) in [4.78, 5) is 23.8. The molecule has 0 radical (unpaired) electrons. The van der Waals surface area contributed by atoms with Gasteiger partial charge in [0, 0.05) is 30.6 Å². The lowest BCUT2D eigenvalue weighted by Gasteiger charge is -2.10. The highest BCUT2D eigenvalue weighted by Crippen LogP contribution is 2.24. The average Bonchev–Trinajstić information content (AvgIpc) is 3.31. The van der Waals surface area contributed by atoms with Gasteiger partial charge in [-0.1, -0.05) is 48.3 Å². The van der Waals surface area contributed by atoms with Crippen LogP contribution in [0.15, 0.2) is 40.9 Å². The highest BCUT2D eigenvalue weighted by Gasteiger charge is 2.21. The Hall–Kier alpha value is -2.63. The molecule has 0 bridgehead atoms. The van der Waals surface area contributed by atoms with Crippen molar-refractivity contribution in [2.75, 3.05) is 13.1 Å². The van der Waals surface area contributed by atoms with Crippen LogP contribution < -0.4 is 10.6 Å². The minimum atomic E-state index is -0.136. The van der Waals surface area contributed by atoms with Gasteiger partial charge in [0.25, 0.3) is 0 Å². The van der Waals surface area contributed by atoms with Crippen molar-refractivity contribution < 1.29 is 14.1 Å². The van der Waals surface area contributed by atoms with Gasteiger partial charge in [-0.2, -0.15) is 0 Å². The zero-order chi connectivity index (χ0) is 17.5. The maximum atomic E-state index is 12.0. The van der Waals surface area contributed by atoms with Crippen LogP contribution in [-0.2, 0) is 16.0 Å². The maximum absolute atomic E-state index is 12.0. The first-order valence-corrected chi connectivity index (χ1v) is 8.78. The molecule has 2 N–H and O–H groups in total. The first-order valence-electron chi connectivity index (χ1n) is 8.78. The summed E-state index contributed by atoms with van der Waals surface area (Å²) in [6.45, 7) is 0.871. The van der Waals surface area contributed by atoms with Crippen molar-refractivity contribution in [3.05, 3.63) is 42.1 Å². The van der Waals surface area contributed by atoms with Gasteiger partial charge in [0.05, 0.1) is 12.1 Å². The van der Waals surface area contributed by atoms with Gasteiger partial charge in [0.15, 0.2) is 5.76 Å². The molecule has 2 aromatic rings. The fraction of sp³-hybridized carbons (Fsp3) is 0.421. The fourth-order valence-electron chi connectivity index (χ4n) is 3.08. The normalized spacial score (nSPS) is 14.4. The standard InChI is InChI=1S/C19H23N3O3/c23-18(20-10-11-21-19(24)15-8-4-5-9-15)13-16-12-17(25-22-16)14-6-2-1-3-7-14/h1-3,6-7,12,15H,4-5,8-11,13H2,(H,20,23)(H,21,24). The van der Waals surface area contributed by atoms with Gasteiger partial charge in [-0.25, -0.2) is 0 Å². The third-order valence-corrected chi connectivity index (χ3v) is 4.43. The molecular weight excluding hydrogens is 318 g/mol. The van der Waals surface area contributed by atoms with E-state index in [0.717, 1.165) is 31.2 Å². The van der Waals surface area contributed by atoms with Gasteiger partial charge >= 0.3 is 0 Å². The van der Waals surface area contributed by atoms with Crippen LogP contribution in [0.2, 0.25) is 0 Å². The zero-order valence-electron chi connectivity index (χ0n) is 14.2. The molecule has 1 fully saturated rings. The van der Waals surface area contributed by atoms with Gasteiger partial charge in [-0.3, -0.25) is 9.59 Å². The first kappa shape index (κ1) is 17.2. The number of rotatable bonds is 7. The molecule has 1 saturated carbocycles. The lowest BCUT2D eigenvalue weighted by Crippen LogP contribution is -2.37. The summed E-state index contributed by atoms with van der Waals surface area (Å²) in [7, 11) is 0. The molecule has 0 unspecified atom stereocenters. The Balaban J connectivity index is 1.38. The molecule has 132 valence electrons. The number of nitrogens with zero attached hydrogens (tertiary/aromatic N) is 1. The lowest BCUT2D eigenvalue weighted by atomic mass is 10.1. The average molecular weight is 341 g/mol. The van der Waals surface area contributed by atoms with Crippen molar-refractivity contribution in [1.82, 2.24) is 15.8 Å². The molecule has 3 rings (SSSR count). The number of benzene rings is 1. The highest BCUT2D eigenvalue weighted by atomic mass is 16.5. The second kappa shape index (κ2) is 8.46. The van der Waals surface area contributed by atoms with Crippen LogP contribution in [-0.4, -0.2) is 30.1 Å². The quantitative estimate of drug-likeness (QED) is 0.757. The Labute approximate surface area is 147 Å². The molecule has 1 aliphatic rings. The molecule has 2 amide bonds. The van der Waals surface area contributed by atoms with Crippen LogP contribution >= 0.6 is 0 Å². The SMILES string of the molecule is O=C(Cc1cc(-c2ccccc2)on1)NCCNC(=O)C1CCCC1. The van der Waals surface area contributed by atoms with Crippen LogP contribution in [0.4, 0.5) is 0 Å². The van der Waals surface area contributed by atoms with E-state index in [0.29, 0.717) is 24.5 Å². The topological polar surface area (TPSA) is 84.2 Å². The molecule has 25 heavy (non-hydrogen) atoms. The minimum absolute atomic E-state index is 0.107. The predicted molar refractivity (Wildman–Crippen MR) is 93.6 cm³/mol. The van der Waals surface area contributed by atoms with Crippen molar-refractivity contribution in [2.24, 2.45) is 5.92 Å². The monoisotopic (exact) mass is 341 g/mol. The first-order chi connectivity index (χ1) is 12.2. The number of carbonyl (C=O) groups excluding carboxylic acids is 2. The summed E-state index contributed by atoms with van der Waals surface area (Å²) >= 11 is 0. The van der Waals surface area contributed by atoms with Crippen molar-refractivity contribution in [3.8, 4) is 11.3 Å². The molecule has 0 saturated heterocycles. The Morgan fingerprint density at radius 2 is 1.80 bits per heavy atom. The number of hydrogen-bond donors (Lipinski definition) is 2. The molecule has 1 aromatic heterocycles. The van der Waals surface area contributed by atoms with Crippen molar-refractivity contribution in [2.45, 2.75) is 32.1 Å². The van der Waals surface area contributed by atoms with E-state index in [1.807, 2.05) is 30.3 Å². The highest BCUT2D eigenvalue weighted by molar-refractivity contribution is 5.79. The summed E-state index contributed by atoms with van der Waals surface area (Å²) in [6.07, 6.45) is 4.39. The van der Waals surface area contributed by atoms with Crippen molar-refractivity contribution >= 4 is 11.8 Å². The van der Waals surface area contributed by atoms with Crippen LogP contribution in [0, 0.1) is 5.92 Å². The van der Waals surface area contributed by atoms with Crippen LogP contribution in [0.3, 0.4) is 0 Å². The fourth-order valence-corrected chi connectivity index (χ4v) is 3.08. The van der Waals surface area contributed by atoms with Crippen molar-refractivity contribution in [3.63, 3.8) is 0 Å². The molecule has 6 heteroatoms. The van der Waals surface area contributed by atoms with E-state index in [1.165, 1.54) is 0 Å². The minimum Gasteiger partial charge on any atom is -0.356 e. The van der Waals surface area contributed by atoms with E-state index in [4.69, 9.17) is 4.52 Å². The molecule has 0 aliphatic heterocycles. The van der Waals surface area contributed by atoms with Crippen LogP contribution in [0.25, 0.3) is 11.3 Å². The largest absolute Gasteiger partial charge is 0.356 e. The number of nitrogens with one attached hydrogen (secondary N) is 2. The third kappa shape index (κ3) is 4.92. The van der Waals surface area contributed by atoms with Gasteiger partial charge in [-0.15, -0.1) is 0 Å². The molecule has 0 spiro atoms. The molecule has 6 nitrogen and oxygen atoms in total. The summed E-state index contributed by atoms with van der Waals surface area (Å²) in [5, 5.41) is 9.61. The smallest absolute Gasteiger partial charge is 0.226 e. The zero-order valence-corrected chi connectivity index (χ0v) is 14.2. The summed E-state index contributed by atoms with van der Waals surface area (Å²) in [6, 6.07) is 11.4. The summed E-state index contributed by atoms with van der Waals surface area (Å²) in [5.41, 5.74) is 1.52. The van der Waals surface area contributed by atoms with E-state index in [9.17, 15) is 9.59 Å². The molecular formula is C19H23N3O3.